The summed E-state index contributed by atoms with van der Waals surface area (Å²) in [5, 5.41) is 3.01. The summed E-state index contributed by atoms with van der Waals surface area (Å²) in [7, 11) is 0. The third-order valence-corrected chi connectivity index (χ3v) is 4.38. The molecule has 1 saturated heterocycles. The van der Waals surface area contributed by atoms with Crippen LogP contribution in [0.3, 0.4) is 0 Å². The van der Waals surface area contributed by atoms with Crippen molar-refractivity contribution in [3.8, 4) is 0 Å². The van der Waals surface area contributed by atoms with Crippen LogP contribution in [0.1, 0.15) is 24.1 Å². The Kier molecular flexibility index (Phi) is 5.37. The Morgan fingerprint density at radius 1 is 1.09 bits per heavy atom. The summed E-state index contributed by atoms with van der Waals surface area (Å²) in [6, 6.07) is 16.3. The van der Waals surface area contributed by atoms with E-state index in [1.54, 1.807) is 6.20 Å². The molecule has 23 heavy (non-hydrogen) atoms. The van der Waals surface area contributed by atoms with Crippen LogP contribution in [-0.2, 0) is 17.9 Å². The Morgan fingerprint density at radius 2 is 1.83 bits per heavy atom. The second kappa shape index (κ2) is 7.88. The van der Waals surface area contributed by atoms with Crippen LogP contribution in [0.15, 0.2) is 54.7 Å². The predicted octanol–water partition coefficient (Wildman–Crippen LogP) is 2.61. The maximum Gasteiger partial charge on any atom is 0.223 e. The van der Waals surface area contributed by atoms with Crippen molar-refractivity contribution in [1.82, 2.24) is 15.2 Å². The number of likely N-dealkylation sites (tertiary alicyclic amines) is 1. The molecule has 0 unspecified atom stereocenters. The Bertz CT molecular complexity index is 607. The topological polar surface area (TPSA) is 45.2 Å². The van der Waals surface area contributed by atoms with Gasteiger partial charge in [-0.1, -0.05) is 36.4 Å². The van der Waals surface area contributed by atoms with Gasteiger partial charge in [0.1, 0.15) is 0 Å². The highest BCUT2D eigenvalue weighted by Crippen LogP contribution is 2.19. The van der Waals surface area contributed by atoms with Gasteiger partial charge in [0.25, 0.3) is 0 Å². The van der Waals surface area contributed by atoms with Gasteiger partial charge in [-0.25, -0.2) is 0 Å². The van der Waals surface area contributed by atoms with E-state index in [-0.39, 0.29) is 11.8 Å². The fourth-order valence-electron chi connectivity index (χ4n) is 3.02. The van der Waals surface area contributed by atoms with Crippen molar-refractivity contribution < 1.29 is 4.79 Å². The van der Waals surface area contributed by atoms with Crippen molar-refractivity contribution in [3.05, 3.63) is 66.0 Å². The zero-order valence-electron chi connectivity index (χ0n) is 13.3. The van der Waals surface area contributed by atoms with Crippen LogP contribution < -0.4 is 5.32 Å². The Labute approximate surface area is 137 Å². The number of piperidine rings is 1. The van der Waals surface area contributed by atoms with Crippen molar-refractivity contribution in [2.24, 2.45) is 5.92 Å². The number of carbonyl (C=O) groups is 1. The highest BCUT2D eigenvalue weighted by molar-refractivity contribution is 5.78. The van der Waals surface area contributed by atoms with Gasteiger partial charge in [-0.15, -0.1) is 0 Å². The minimum absolute atomic E-state index is 0.130. The molecule has 0 radical (unpaired) electrons. The number of carbonyl (C=O) groups excluding carboxylic acids is 1. The minimum Gasteiger partial charge on any atom is -0.350 e. The second-order valence-electron chi connectivity index (χ2n) is 6.07. The lowest BCUT2D eigenvalue weighted by Gasteiger charge is -2.31. The quantitative estimate of drug-likeness (QED) is 0.923. The first-order chi connectivity index (χ1) is 11.3. The van der Waals surface area contributed by atoms with Crippen molar-refractivity contribution in [2.45, 2.75) is 25.9 Å². The summed E-state index contributed by atoms with van der Waals surface area (Å²) in [6.45, 7) is 3.46. The van der Waals surface area contributed by atoms with Crippen LogP contribution in [0, 0.1) is 5.92 Å². The summed E-state index contributed by atoms with van der Waals surface area (Å²) in [4.78, 5) is 18.9. The monoisotopic (exact) mass is 309 g/mol. The van der Waals surface area contributed by atoms with Gasteiger partial charge >= 0.3 is 0 Å². The summed E-state index contributed by atoms with van der Waals surface area (Å²) in [6.07, 6.45) is 3.62. The number of amides is 1. The number of hydrogen-bond donors (Lipinski definition) is 1. The first-order valence-electron chi connectivity index (χ1n) is 8.25. The molecule has 0 atom stereocenters. The third kappa shape index (κ3) is 4.63. The first-order valence-corrected chi connectivity index (χ1v) is 8.25. The molecule has 0 bridgehead atoms. The molecule has 4 heteroatoms. The van der Waals surface area contributed by atoms with E-state index in [0.717, 1.165) is 38.2 Å². The van der Waals surface area contributed by atoms with Gasteiger partial charge in [0.15, 0.2) is 0 Å². The SMILES string of the molecule is O=C(NCc1ccccn1)C1CCN(Cc2ccccc2)CC1. The van der Waals surface area contributed by atoms with E-state index in [4.69, 9.17) is 0 Å². The second-order valence-corrected chi connectivity index (χ2v) is 6.07. The van der Waals surface area contributed by atoms with Gasteiger partial charge in [-0.3, -0.25) is 14.7 Å². The number of hydrogen-bond acceptors (Lipinski definition) is 3. The van der Waals surface area contributed by atoms with Crippen LogP contribution in [0.25, 0.3) is 0 Å². The number of rotatable bonds is 5. The van der Waals surface area contributed by atoms with Crippen LogP contribution >= 0.6 is 0 Å². The Balaban J connectivity index is 1.42. The minimum atomic E-state index is 0.130. The molecule has 0 saturated carbocycles. The maximum atomic E-state index is 12.3. The average molecular weight is 309 g/mol. The highest BCUT2D eigenvalue weighted by atomic mass is 16.1. The van der Waals surface area contributed by atoms with E-state index in [1.165, 1.54) is 5.56 Å². The molecule has 1 N–H and O–H groups in total. The Morgan fingerprint density at radius 3 is 2.52 bits per heavy atom. The molecular formula is C19H23N3O. The lowest BCUT2D eigenvalue weighted by molar-refractivity contribution is -0.126. The smallest absolute Gasteiger partial charge is 0.223 e. The van der Waals surface area contributed by atoms with Gasteiger partial charge < -0.3 is 5.32 Å². The standard InChI is InChI=1S/C19H23N3O/c23-19(21-14-18-8-4-5-11-20-18)17-9-12-22(13-10-17)15-16-6-2-1-3-7-16/h1-8,11,17H,9-10,12-15H2,(H,21,23). The zero-order chi connectivity index (χ0) is 15.9. The molecule has 120 valence electrons. The molecule has 1 fully saturated rings. The fraction of sp³-hybridized carbons (Fsp3) is 0.368. The summed E-state index contributed by atoms with van der Waals surface area (Å²) in [5.74, 6) is 0.292. The molecule has 1 amide bonds. The largest absolute Gasteiger partial charge is 0.350 e. The van der Waals surface area contributed by atoms with Gasteiger partial charge in [-0.05, 0) is 43.6 Å². The van der Waals surface area contributed by atoms with Gasteiger partial charge in [0.05, 0.1) is 12.2 Å². The van der Waals surface area contributed by atoms with Crippen LogP contribution in [0.2, 0.25) is 0 Å². The molecule has 2 heterocycles. The van der Waals surface area contributed by atoms with Crippen molar-refractivity contribution >= 4 is 5.91 Å². The van der Waals surface area contributed by atoms with Gasteiger partial charge in [-0.2, -0.15) is 0 Å². The normalized spacial score (nSPS) is 16.2. The lowest BCUT2D eigenvalue weighted by Crippen LogP contribution is -2.40. The molecule has 1 aliphatic rings. The molecule has 1 aromatic heterocycles. The summed E-state index contributed by atoms with van der Waals surface area (Å²) < 4.78 is 0. The summed E-state index contributed by atoms with van der Waals surface area (Å²) in [5.41, 5.74) is 2.24. The number of benzene rings is 1. The Hall–Kier alpha value is -2.20. The van der Waals surface area contributed by atoms with Crippen LogP contribution in [-0.4, -0.2) is 28.9 Å². The average Bonchev–Trinajstić information content (AvgIpc) is 2.62. The van der Waals surface area contributed by atoms with E-state index in [9.17, 15) is 4.79 Å². The highest BCUT2D eigenvalue weighted by Gasteiger charge is 2.24. The van der Waals surface area contributed by atoms with Gasteiger partial charge in [0, 0.05) is 18.7 Å². The van der Waals surface area contributed by atoms with Crippen molar-refractivity contribution in [2.75, 3.05) is 13.1 Å². The first kappa shape index (κ1) is 15.7. The molecule has 2 aromatic rings. The van der Waals surface area contributed by atoms with Crippen molar-refractivity contribution in [3.63, 3.8) is 0 Å². The number of aromatic nitrogens is 1. The summed E-state index contributed by atoms with van der Waals surface area (Å²) >= 11 is 0. The molecule has 0 spiro atoms. The van der Waals surface area contributed by atoms with E-state index in [0.29, 0.717) is 6.54 Å². The number of nitrogens with zero attached hydrogens (tertiary/aromatic N) is 2. The lowest BCUT2D eigenvalue weighted by atomic mass is 9.95. The number of nitrogens with one attached hydrogen (secondary N) is 1. The third-order valence-electron chi connectivity index (χ3n) is 4.38. The van der Waals surface area contributed by atoms with Gasteiger partial charge in [0.2, 0.25) is 5.91 Å². The molecule has 0 aliphatic carbocycles. The molecule has 1 aliphatic heterocycles. The number of pyridine rings is 1. The molecule has 3 rings (SSSR count). The predicted molar refractivity (Wildman–Crippen MR) is 90.5 cm³/mol. The van der Waals surface area contributed by atoms with Crippen LogP contribution in [0.5, 0.6) is 0 Å². The molecular weight excluding hydrogens is 286 g/mol. The molecule has 1 aromatic carbocycles. The van der Waals surface area contributed by atoms with E-state index < -0.39 is 0 Å². The van der Waals surface area contributed by atoms with E-state index >= 15 is 0 Å². The zero-order valence-corrected chi connectivity index (χ0v) is 13.3. The molecule has 4 nitrogen and oxygen atoms in total. The fourth-order valence-corrected chi connectivity index (χ4v) is 3.02. The van der Waals surface area contributed by atoms with E-state index in [2.05, 4.69) is 39.5 Å². The maximum absolute atomic E-state index is 12.3. The van der Waals surface area contributed by atoms with E-state index in [1.807, 2.05) is 24.3 Å². The van der Waals surface area contributed by atoms with Crippen molar-refractivity contribution in [1.29, 1.82) is 0 Å². The van der Waals surface area contributed by atoms with Crippen LogP contribution in [0.4, 0.5) is 0 Å².